The molecular weight excluding hydrogens is 252 g/mol. The molecule has 1 amide bonds. The molecule has 0 spiro atoms. The van der Waals surface area contributed by atoms with Crippen molar-refractivity contribution in [2.24, 2.45) is 11.8 Å². The van der Waals surface area contributed by atoms with Gasteiger partial charge in [-0.15, -0.1) is 11.3 Å². The third-order valence-electron chi connectivity index (χ3n) is 3.28. The number of hydrogen-bond acceptors (Lipinski definition) is 4. The summed E-state index contributed by atoms with van der Waals surface area (Å²) in [4.78, 5) is 28.9. The number of hydrogen-bond donors (Lipinski definition) is 1. The van der Waals surface area contributed by atoms with Gasteiger partial charge in [0, 0.05) is 18.5 Å². The van der Waals surface area contributed by atoms with Crippen LogP contribution in [0.1, 0.15) is 17.6 Å². The van der Waals surface area contributed by atoms with Crippen molar-refractivity contribution in [2.75, 3.05) is 13.1 Å². The lowest BCUT2D eigenvalue weighted by atomic mass is 9.99. The lowest BCUT2D eigenvalue weighted by Crippen LogP contribution is -2.31. The number of carboxylic acids is 1. The number of rotatable bonds is 3. The lowest BCUT2D eigenvalue weighted by Gasteiger charge is -2.14. The van der Waals surface area contributed by atoms with Crippen LogP contribution >= 0.6 is 11.3 Å². The Balaban J connectivity index is 1.97. The van der Waals surface area contributed by atoms with Crippen LogP contribution in [0.15, 0.2) is 5.38 Å². The van der Waals surface area contributed by atoms with Crippen LogP contribution in [0.25, 0.3) is 0 Å². The summed E-state index contributed by atoms with van der Waals surface area (Å²) in [7, 11) is 0. The van der Waals surface area contributed by atoms with Crippen LogP contribution in [-0.2, 0) is 16.0 Å². The average molecular weight is 268 g/mol. The molecule has 0 bridgehead atoms. The molecule has 0 saturated carbocycles. The fourth-order valence-corrected chi connectivity index (χ4v) is 2.86. The summed E-state index contributed by atoms with van der Waals surface area (Å²) in [5, 5.41) is 11.8. The van der Waals surface area contributed by atoms with Crippen LogP contribution in [0.3, 0.4) is 0 Å². The van der Waals surface area contributed by atoms with Gasteiger partial charge in [-0.25, -0.2) is 4.98 Å². The Labute approximate surface area is 109 Å². The highest BCUT2D eigenvalue weighted by atomic mass is 32.1. The summed E-state index contributed by atoms with van der Waals surface area (Å²) < 4.78 is 0. The predicted octanol–water partition coefficient (Wildman–Crippen LogP) is 1.17. The third kappa shape index (κ3) is 2.69. The largest absolute Gasteiger partial charge is 0.481 e. The standard InChI is InChI=1S/C12H16N2O3S/c1-7-4-14(5-10(7)12(16)17)11(15)3-9-6-18-8(2)13-9/h6-7,10H,3-5H2,1-2H3,(H,16,17). The molecule has 0 aliphatic carbocycles. The molecule has 1 aromatic rings. The summed E-state index contributed by atoms with van der Waals surface area (Å²) in [6.07, 6.45) is 0.267. The molecule has 2 rings (SSSR count). The van der Waals surface area contributed by atoms with Gasteiger partial charge in [-0.1, -0.05) is 6.92 Å². The number of amides is 1. The highest BCUT2D eigenvalue weighted by Gasteiger charge is 2.36. The molecule has 5 nitrogen and oxygen atoms in total. The Morgan fingerprint density at radius 3 is 2.78 bits per heavy atom. The monoisotopic (exact) mass is 268 g/mol. The van der Waals surface area contributed by atoms with E-state index >= 15 is 0 Å². The topological polar surface area (TPSA) is 70.5 Å². The van der Waals surface area contributed by atoms with E-state index < -0.39 is 11.9 Å². The molecule has 1 aliphatic heterocycles. The Kier molecular flexibility index (Phi) is 3.65. The molecule has 2 heterocycles. The second-order valence-corrected chi connectivity index (χ2v) is 5.82. The van der Waals surface area contributed by atoms with Gasteiger partial charge >= 0.3 is 5.97 Å². The number of carbonyl (C=O) groups excluding carboxylic acids is 1. The van der Waals surface area contributed by atoms with Crippen molar-refractivity contribution in [3.05, 3.63) is 16.1 Å². The van der Waals surface area contributed by atoms with Crippen LogP contribution in [-0.4, -0.2) is 40.0 Å². The molecular formula is C12H16N2O3S. The molecule has 2 unspecified atom stereocenters. The molecule has 98 valence electrons. The summed E-state index contributed by atoms with van der Waals surface area (Å²) in [6.45, 7) is 4.62. The van der Waals surface area contributed by atoms with Crippen molar-refractivity contribution in [2.45, 2.75) is 20.3 Å². The second-order valence-electron chi connectivity index (χ2n) is 4.76. The zero-order chi connectivity index (χ0) is 13.3. The first-order chi connectivity index (χ1) is 8.47. The molecule has 1 aliphatic rings. The molecule has 1 saturated heterocycles. The smallest absolute Gasteiger partial charge is 0.308 e. The van der Waals surface area contributed by atoms with Gasteiger partial charge in [-0.05, 0) is 12.8 Å². The number of aromatic nitrogens is 1. The second kappa shape index (κ2) is 5.06. The minimum Gasteiger partial charge on any atom is -0.481 e. The highest BCUT2D eigenvalue weighted by Crippen LogP contribution is 2.23. The van der Waals surface area contributed by atoms with E-state index in [1.165, 1.54) is 11.3 Å². The third-order valence-corrected chi connectivity index (χ3v) is 4.10. The maximum absolute atomic E-state index is 12.0. The number of carbonyl (C=O) groups is 2. The van der Waals surface area contributed by atoms with E-state index in [1.807, 2.05) is 19.2 Å². The van der Waals surface area contributed by atoms with E-state index in [9.17, 15) is 9.59 Å². The maximum atomic E-state index is 12.0. The van der Waals surface area contributed by atoms with Crippen LogP contribution < -0.4 is 0 Å². The van der Waals surface area contributed by atoms with Gasteiger partial charge in [-0.2, -0.15) is 0 Å². The zero-order valence-corrected chi connectivity index (χ0v) is 11.2. The number of likely N-dealkylation sites (tertiary alicyclic amines) is 1. The fraction of sp³-hybridized carbons (Fsp3) is 0.583. The van der Waals surface area contributed by atoms with Crippen LogP contribution in [0, 0.1) is 18.8 Å². The van der Waals surface area contributed by atoms with Crippen molar-refractivity contribution in [3.8, 4) is 0 Å². The van der Waals surface area contributed by atoms with Gasteiger partial charge in [0.25, 0.3) is 0 Å². The first-order valence-corrected chi connectivity index (χ1v) is 6.77. The van der Waals surface area contributed by atoms with E-state index in [4.69, 9.17) is 5.11 Å². The predicted molar refractivity (Wildman–Crippen MR) is 67.4 cm³/mol. The quantitative estimate of drug-likeness (QED) is 0.893. The number of thiazole rings is 1. The number of carboxylic acid groups (broad SMARTS) is 1. The minimum absolute atomic E-state index is 0.0172. The fourth-order valence-electron chi connectivity index (χ4n) is 2.25. The molecule has 2 atom stereocenters. The molecule has 1 aromatic heterocycles. The summed E-state index contributed by atoms with van der Waals surface area (Å²) in [5.41, 5.74) is 0.772. The van der Waals surface area contributed by atoms with Crippen molar-refractivity contribution in [1.82, 2.24) is 9.88 Å². The van der Waals surface area contributed by atoms with Gasteiger partial charge in [0.15, 0.2) is 0 Å². The number of aliphatic carboxylic acids is 1. The summed E-state index contributed by atoms with van der Waals surface area (Å²) >= 11 is 1.52. The normalized spacial score (nSPS) is 23.3. The molecule has 6 heteroatoms. The van der Waals surface area contributed by atoms with E-state index in [1.54, 1.807) is 4.90 Å². The van der Waals surface area contributed by atoms with Gasteiger partial charge in [-0.3, -0.25) is 9.59 Å². The molecule has 0 aromatic carbocycles. The van der Waals surface area contributed by atoms with E-state index in [0.717, 1.165) is 10.7 Å². The van der Waals surface area contributed by atoms with Gasteiger partial charge in [0.2, 0.25) is 5.91 Å². The van der Waals surface area contributed by atoms with E-state index in [2.05, 4.69) is 4.98 Å². The van der Waals surface area contributed by atoms with E-state index in [0.29, 0.717) is 13.1 Å². The summed E-state index contributed by atoms with van der Waals surface area (Å²) in [6, 6.07) is 0. The Bertz CT molecular complexity index is 472. The zero-order valence-electron chi connectivity index (χ0n) is 10.4. The van der Waals surface area contributed by atoms with Crippen LogP contribution in [0.4, 0.5) is 0 Å². The first kappa shape index (κ1) is 13.0. The maximum Gasteiger partial charge on any atom is 0.308 e. The minimum atomic E-state index is -0.817. The number of nitrogens with zero attached hydrogens (tertiary/aromatic N) is 2. The average Bonchev–Trinajstić information content (AvgIpc) is 2.85. The van der Waals surface area contributed by atoms with Crippen molar-refractivity contribution in [3.63, 3.8) is 0 Å². The van der Waals surface area contributed by atoms with Crippen LogP contribution in [0.2, 0.25) is 0 Å². The van der Waals surface area contributed by atoms with Crippen molar-refractivity contribution >= 4 is 23.2 Å². The van der Waals surface area contributed by atoms with Gasteiger partial charge in [0.05, 0.1) is 23.0 Å². The Morgan fingerprint density at radius 1 is 1.56 bits per heavy atom. The highest BCUT2D eigenvalue weighted by molar-refractivity contribution is 7.09. The van der Waals surface area contributed by atoms with E-state index in [-0.39, 0.29) is 18.2 Å². The van der Waals surface area contributed by atoms with Gasteiger partial charge < -0.3 is 10.0 Å². The Hall–Kier alpha value is -1.43. The summed E-state index contributed by atoms with van der Waals surface area (Å²) in [5.74, 6) is -1.27. The van der Waals surface area contributed by atoms with Gasteiger partial charge in [0.1, 0.15) is 0 Å². The molecule has 1 fully saturated rings. The first-order valence-electron chi connectivity index (χ1n) is 5.89. The van der Waals surface area contributed by atoms with Crippen LogP contribution in [0.5, 0.6) is 0 Å². The Morgan fingerprint density at radius 2 is 2.28 bits per heavy atom. The lowest BCUT2D eigenvalue weighted by molar-refractivity contribution is -0.142. The number of aryl methyl sites for hydroxylation is 1. The van der Waals surface area contributed by atoms with Crippen molar-refractivity contribution in [1.29, 1.82) is 0 Å². The van der Waals surface area contributed by atoms with Crippen molar-refractivity contribution < 1.29 is 14.7 Å². The molecule has 18 heavy (non-hydrogen) atoms. The SMILES string of the molecule is Cc1nc(CC(=O)N2CC(C)C(C(=O)O)C2)cs1. The molecule has 0 radical (unpaired) electrons. The molecule has 1 N–H and O–H groups in total.